The molecular weight excluding hydrogens is 289 g/mol. The molecular formula is C13H15F3N2O3. The number of carbonyl (C=O) groups is 1. The van der Waals surface area contributed by atoms with Crippen LogP contribution in [0.4, 0.5) is 23.7 Å². The molecule has 0 spiro atoms. The predicted octanol–water partition coefficient (Wildman–Crippen LogP) is 2.57. The van der Waals surface area contributed by atoms with Gasteiger partial charge in [0.15, 0.2) is 0 Å². The summed E-state index contributed by atoms with van der Waals surface area (Å²) >= 11 is 0. The van der Waals surface area contributed by atoms with Crippen molar-refractivity contribution in [2.75, 3.05) is 18.5 Å². The summed E-state index contributed by atoms with van der Waals surface area (Å²) in [6.45, 7) is 0.0242. The van der Waals surface area contributed by atoms with Gasteiger partial charge in [-0.3, -0.25) is 0 Å². The number of carbonyl (C=O) groups excluding carboxylic acids is 1. The highest BCUT2D eigenvalue weighted by molar-refractivity contribution is 5.90. The molecule has 2 rings (SSSR count). The Morgan fingerprint density at radius 2 is 2.14 bits per heavy atom. The van der Waals surface area contributed by atoms with Crippen molar-refractivity contribution in [3.05, 3.63) is 24.3 Å². The van der Waals surface area contributed by atoms with Crippen molar-refractivity contribution in [2.45, 2.75) is 25.2 Å². The van der Waals surface area contributed by atoms with Crippen molar-refractivity contribution >= 4 is 11.7 Å². The van der Waals surface area contributed by atoms with E-state index in [1.165, 1.54) is 17.0 Å². The zero-order valence-electron chi connectivity index (χ0n) is 11.1. The molecule has 0 heterocycles. The monoisotopic (exact) mass is 304 g/mol. The van der Waals surface area contributed by atoms with Crippen LogP contribution >= 0.6 is 0 Å². The van der Waals surface area contributed by atoms with Gasteiger partial charge in [-0.05, 0) is 25.0 Å². The molecule has 1 aromatic carbocycles. The van der Waals surface area contributed by atoms with Crippen LogP contribution < -0.4 is 10.1 Å². The largest absolute Gasteiger partial charge is 0.573 e. The summed E-state index contributed by atoms with van der Waals surface area (Å²) in [5.74, 6) is -0.402. The maximum atomic E-state index is 12.1. The number of halogens is 3. The molecule has 0 atom stereocenters. The lowest BCUT2D eigenvalue weighted by Gasteiger charge is -2.22. The van der Waals surface area contributed by atoms with Crippen LogP contribution in [0.3, 0.4) is 0 Å². The fourth-order valence-electron chi connectivity index (χ4n) is 1.91. The average Bonchev–Trinajstić information content (AvgIpc) is 3.18. The molecule has 1 saturated carbocycles. The Labute approximate surface area is 119 Å². The highest BCUT2D eigenvalue weighted by atomic mass is 19.4. The zero-order chi connectivity index (χ0) is 15.5. The lowest BCUT2D eigenvalue weighted by atomic mass is 10.3. The van der Waals surface area contributed by atoms with Crippen LogP contribution in [0.15, 0.2) is 24.3 Å². The first kappa shape index (κ1) is 15.4. The molecule has 0 bridgehead atoms. The number of anilines is 1. The summed E-state index contributed by atoms with van der Waals surface area (Å²) in [7, 11) is 0. The van der Waals surface area contributed by atoms with Crippen LogP contribution in [-0.4, -0.2) is 41.6 Å². The van der Waals surface area contributed by atoms with E-state index < -0.39 is 18.1 Å². The molecule has 1 aromatic rings. The van der Waals surface area contributed by atoms with Gasteiger partial charge in [0.25, 0.3) is 0 Å². The second-order valence-corrected chi connectivity index (χ2v) is 4.65. The number of benzene rings is 1. The molecule has 0 saturated heterocycles. The van der Waals surface area contributed by atoms with Crippen LogP contribution in [0.25, 0.3) is 0 Å². The summed E-state index contributed by atoms with van der Waals surface area (Å²) in [5, 5.41) is 11.4. The molecule has 2 N–H and O–H groups in total. The van der Waals surface area contributed by atoms with Gasteiger partial charge >= 0.3 is 12.4 Å². The summed E-state index contributed by atoms with van der Waals surface area (Å²) in [6.07, 6.45) is -3.05. The third-order valence-corrected chi connectivity index (χ3v) is 2.91. The van der Waals surface area contributed by atoms with Crippen molar-refractivity contribution in [2.24, 2.45) is 0 Å². The highest BCUT2D eigenvalue weighted by Crippen LogP contribution is 2.28. The van der Waals surface area contributed by atoms with Crippen molar-refractivity contribution in [3.63, 3.8) is 0 Å². The first-order chi connectivity index (χ1) is 9.89. The fourth-order valence-corrected chi connectivity index (χ4v) is 1.91. The number of nitrogens with zero attached hydrogens (tertiary/aromatic N) is 1. The highest BCUT2D eigenvalue weighted by Gasteiger charge is 2.33. The minimum absolute atomic E-state index is 0.0896. The van der Waals surface area contributed by atoms with Gasteiger partial charge in [0.1, 0.15) is 5.75 Å². The number of rotatable bonds is 5. The van der Waals surface area contributed by atoms with Crippen LogP contribution in [0.1, 0.15) is 12.8 Å². The average molecular weight is 304 g/mol. The van der Waals surface area contributed by atoms with Gasteiger partial charge in [0.05, 0.1) is 6.61 Å². The molecule has 2 amide bonds. The van der Waals surface area contributed by atoms with Crippen LogP contribution in [0.2, 0.25) is 0 Å². The van der Waals surface area contributed by atoms with E-state index in [1.54, 1.807) is 0 Å². The quantitative estimate of drug-likeness (QED) is 0.879. The summed E-state index contributed by atoms with van der Waals surface area (Å²) < 4.78 is 40.2. The summed E-state index contributed by atoms with van der Waals surface area (Å²) in [4.78, 5) is 13.5. The second-order valence-electron chi connectivity index (χ2n) is 4.65. The van der Waals surface area contributed by atoms with Gasteiger partial charge in [-0.25, -0.2) is 4.79 Å². The standard InChI is InChI=1S/C13H15F3N2O3/c14-13(15,16)21-11-3-1-2-9(8-11)17-12(20)18(6-7-19)10-4-5-10/h1-3,8,10,19H,4-7H2,(H,17,20). The molecule has 0 radical (unpaired) electrons. The van der Waals surface area contributed by atoms with Crippen LogP contribution in [-0.2, 0) is 0 Å². The molecule has 8 heteroatoms. The lowest BCUT2D eigenvalue weighted by Crippen LogP contribution is -2.38. The molecule has 116 valence electrons. The minimum Gasteiger partial charge on any atom is -0.406 e. The molecule has 1 aliphatic carbocycles. The SMILES string of the molecule is O=C(Nc1cccc(OC(F)(F)F)c1)N(CCO)C1CC1. The van der Waals surface area contributed by atoms with Crippen molar-refractivity contribution in [3.8, 4) is 5.75 Å². The van der Waals surface area contributed by atoms with E-state index in [-0.39, 0.29) is 24.9 Å². The number of alkyl halides is 3. The Balaban J connectivity index is 2.01. The van der Waals surface area contributed by atoms with Gasteiger partial charge in [-0.15, -0.1) is 13.2 Å². The van der Waals surface area contributed by atoms with Crippen molar-refractivity contribution in [1.82, 2.24) is 4.90 Å². The molecule has 0 aromatic heterocycles. The second kappa shape index (κ2) is 6.21. The number of ether oxygens (including phenoxy) is 1. The van der Waals surface area contributed by atoms with E-state index in [4.69, 9.17) is 5.11 Å². The number of aliphatic hydroxyl groups excluding tert-OH is 1. The maximum Gasteiger partial charge on any atom is 0.573 e. The van der Waals surface area contributed by atoms with Crippen LogP contribution in [0.5, 0.6) is 5.75 Å². The first-order valence-corrected chi connectivity index (χ1v) is 6.43. The van der Waals surface area contributed by atoms with E-state index in [1.807, 2.05) is 0 Å². The van der Waals surface area contributed by atoms with E-state index in [0.717, 1.165) is 25.0 Å². The topological polar surface area (TPSA) is 61.8 Å². The molecule has 21 heavy (non-hydrogen) atoms. The Hall–Kier alpha value is -1.96. The molecule has 1 aliphatic rings. The molecule has 0 unspecified atom stereocenters. The Morgan fingerprint density at radius 1 is 1.43 bits per heavy atom. The Bertz CT molecular complexity index is 504. The molecule has 1 fully saturated rings. The molecule has 5 nitrogen and oxygen atoms in total. The normalized spacial score (nSPS) is 14.7. The lowest BCUT2D eigenvalue weighted by molar-refractivity contribution is -0.274. The van der Waals surface area contributed by atoms with Crippen LogP contribution in [0, 0.1) is 0 Å². The van der Waals surface area contributed by atoms with E-state index in [0.29, 0.717) is 0 Å². The number of amides is 2. The van der Waals surface area contributed by atoms with Gasteiger partial charge in [0.2, 0.25) is 0 Å². The minimum atomic E-state index is -4.78. The van der Waals surface area contributed by atoms with Gasteiger partial charge in [-0.1, -0.05) is 6.07 Å². The predicted molar refractivity (Wildman–Crippen MR) is 69.0 cm³/mol. The zero-order valence-corrected chi connectivity index (χ0v) is 11.1. The van der Waals surface area contributed by atoms with E-state index in [9.17, 15) is 18.0 Å². The fraction of sp³-hybridized carbons (Fsp3) is 0.462. The summed E-state index contributed by atoms with van der Waals surface area (Å²) in [5.41, 5.74) is 0.199. The van der Waals surface area contributed by atoms with Gasteiger partial charge in [-0.2, -0.15) is 0 Å². The third kappa shape index (κ3) is 4.82. The van der Waals surface area contributed by atoms with Gasteiger partial charge < -0.3 is 20.1 Å². The van der Waals surface area contributed by atoms with Gasteiger partial charge in [0, 0.05) is 24.3 Å². The number of hydrogen-bond donors (Lipinski definition) is 2. The third-order valence-electron chi connectivity index (χ3n) is 2.91. The number of hydrogen-bond acceptors (Lipinski definition) is 3. The Kier molecular flexibility index (Phi) is 4.56. The smallest absolute Gasteiger partial charge is 0.406 e. The molecule has 0 aliphatic heterocycles. The van der Waals surface area contributed by atoms with E-state index in [2.05, 4.69) is 10.1 Å². The van der Waals surface area contributed by atoms with Crippen molar-refractivity contribution < 1.29 is 27.8 Å². The summed E-state index contributed by atoms with van der Waals surface area (Å²) in [6, 6.07) is 4.70. The first-order valence-electron chi connectivity index (χ1n) is 6.43. The maximum absolute atomic E-state index is 12.1. The van der Waals surface area contributed by atoms with Crippen molar-refractivity contribution in [1.29, 1.82) is 0 Å². The number of aliphatic hydroxyl groups is 1. The van der Waals surface area contributed by atoms with E-state index >= 15 is 0 Å². The Morgan fingerprint density at radius 3 is 2.71 bits per heavy atom. The number of urea groups is 1. The number of nitrogens with one attached hydrogen (secondary N) is 1.